The first-order valence-electron chi connectivity index (χ1n) is 9.89. The molecule has 2 aromatic rings. The largest absolute Gasteiger partial charge is 0.507 e. The number of hydrogen-bond acceptors (Lipinski definition) is 6. The van der Waals surface area contributed by atoms with Crippen LogP contribution < -0.4 is 4.74 Å². The zero-order valence-corrected chi connectivity index (χ0v) is 16.6. The average Bonchev–Trinajstić information content (AvgIpc) is 3.49. The number of halogens is 1. The lowest BCUT2D eigenvalue weighted by molar-refractivity contribution is -0.140. The van der Waals surface area contributed by atoms with E-state index in [0.29, 0.717) is 18.8 Å². The molecule has 1 aromatic heterocycles. The highest BCUT2D eigenvalue weighted by atomic mass is 19.1. The van der Waals surface area contributed by atoms with Crippen LogP contribution in [0.5, 0.6) is 5.75 Å². The van der Waals surface area contributed by atoms with Crippen LogP contribution >= 0.6 is 0 Å². The van der Waals surface area contributed by atoms with Gasteiger partial charge in [0.25, 0.3) is 11.7 Å². The number of hydrogen-bond donors (Lipinski definition) is 1. The van der Waals surface area contributed by atoms with Gasteiger partial charge in [0.2, 0.25) is 0 Å². The van der Waals surface area contributed by atoms with Gasteiger partial charge in [-0.1, -0.05) is 0 Å². The van der Waals surface area contributed by atoms with Gasteiger partial charge < -0.3 is 24.1 Å². The lowest BCUT2D eigenvalue weighted by Gasteiger charge is -2.25. The van der Waals surface area contributed by atoms with Crippen molar-refractivity contribution in [3.63, 3.8) is 0 Å². The second-order valence-electron chi connectivity index (χ2n) is 7.41. The summed E-state index contributed by atoms with van der Waals surface area (Å²) in [5.41, 5.74) is -0.0247. The summed E-state index contributed by atoms with van der Waals surface area (Å²) in [6.07, 6.45) is 3.68. The standard InChI is InChI=1S/C22H23FN2O5/c1-29-16-7-6-14(13-15(16)23)20(26)18-19(17-5-4-12-30-17)25(22(28)21(18)27)11-10-24-8-2-3-9-24/h4-7,12-13,19,26H,2-3,8-11H2,1H3/b20-18+. The Kier molecular flexibility index (Phi) is 5.59. The molecule has 1 amide bonds. The molecule has 0 bridgehead atoms. The molecule has 1 atom stereocenters. The summed E-state index contributed by atoms with van der Waals surface area (Å²) < 4.78 is 24.6. The number of rotatable bonds is 6. The van der Waals surface area contributed by atoms with Crippen molar-refractivity contribution < 1.29 is 28.2 Å². The normalized spacial score (nSPS) is 21.5. The van der Waals surface area contributed by atoms with Crippen molar-refractivity contribution in [1.29, 1.82) is 0 Å². The number of ketones is 1. The smallest absolute Gasteiger partial charge is 0.295 e. The number of likely N-dealkylation sites (tertiary alicyclic amines) is 2. The lowest BCUT2D eigenvalue weighted by atomic mass is 9.99. The zero-order valence-electron chi connectivity index (χ0n) is 16.6. The Balaban J connectivity index is 1.73. The van der Waals surface area contributed by atoms with Crippen molar-refractivity contribution in [1.82, 2.24) is 9.80 Å². The van der Waals surface area contributed by atoms with E-state index in [9.17, 15) is 19.1 Å². The van der Waals surface area contributed by atoms with Crippen LogP contribution in [0.1, 0.15) is 30.2 Å². The molecule has 158 valence electrons. The molecule has 2 fully saturated rings. The number of carbonyl (C=O) groups excluding carboxylic acids is 2. The summed E-state index contributed by atoms with van der Waals surface area (Å²) >= 11 is 0. The van der Waals surface area contributed by atoms with Crippen molar-refractivity contribution in [2.75, 3.05) is 33.3 Å². The van der Waals surface area contributed by atoms with Gasteiger partial charge in [0.1, 0.15) is 17.6 Å². The molecule has 2 aliphatic heterocycles. The molecule has 8 heteroatoms. The molecule has 2 saturated heterocycles. The maximum atomic E-state index is 14.2. The van der Waals surface area contributed by atoms with E-state index in [1.165, 1.54) is 30.4 Å². The molecule has 1 unspecified atom stereocenters. The Hall–Kier alpha value is -3.13. The van der Waals surface area contributed by atoms with Crippen LogP contribution in [0.3, 0.4) is 0 Å². The van der Waals surface area contributed by atoms with E-state index >= 15 is 0 Å². The highest BCUT2D eigenvalue weighted by Crippen LogP contribution is 2.39. The number of aliphatic hydroxyl groups is 1. The van der Waals surface area contributed by atoms with Gasteiger partial charge in [-0.2, -0.15) is 0 Å². The van der Waals surface area contributed by atoms with Crippen LogP contribution in [-0.2, 0) is 9.59 Å². The molecule has 1 aromatic carbocycles. The Morgan fingerprint density at radius 1 is 1.23 bits per heavy atom. The van der Waals surface area contributed by atoms with Gasteiger partial charge in [0.15, 0.2) is 11.6 Å². The molecular weight excluding hydrogens is 391 g/mol. The number of nitrogens with zero attached hydrogens (tertiary/aromatic N) is 2. The molecule has 30 heavy (non-hydrogen) atoms. The molecule has 3 heterocycles. The first-order valence-corrected chi connectivity index (χ1v) is 9.89. The van der Waals surface area contributed by atoms with Gasteiger partial charge in [-0.25, -0.2) is 4.39 Å². The van der Waals surface area contributed by atoms with Gasteiger partial charge in [0, 0.05) is 18.7 Å². The molecule has 0 spiro atoms. The number of carbonyl (C=O) groups is 2. The molecule has 4 rings (SSSR count). The summed E-state index contributed by atoms with van der Waals surface area (Å²) in [4.78, 5) is 29.3. The van der Waals surface area contributed by atoms with Crippen LogP contribution in [-0.4, -0.2) is 59.9 Å². The van der Waals surface area contributed by atoms with Crippen molar-refractivity contribution >= 4 is 17.4 Å². The Morgan fingerprint density at radius 2 is 2.00 bits per heavy atom. The van der Waals surface area contributed by atoms with Crippen LogP contribution in [0, 0.1) is 5.82 Å². The number of aliphatic hydroxyl groups excluding tert-OH is 1. The van der Waals surface area contributed by atoms with E-state index in [1.807, 2.05) is 0 Å². The van der Waals surface area contributed by atoms with Gasteiger partial charge in [-0.05, 0) is 56.3 Å². The quantitative estimate of drug-likeness (QED) is 0.445. The first-order chi connectivity index (χ1) is 14.5. The number of furan rings is 1. The third-order valence-electron chi connectivity index (χ3n) is 5.63. The van der Waals surface area contributed by atoms with Crippen molar-refractivity contribution in [3.05, 3.63) is 59.3 Å². The van der Waals surface area contributed by atoms with Crippen LogP contribution in [0.2, 0.25) is 0 Å². The van der Waals surface area contributed by atoms with E-state index in [0.717, 1.165) is 32.0 Å². The maximum absolute atomic E-state index is 14.2. The van der Waals surface area contributed by atoms with Crippen molar-refractivity contribution in [2.24, 2.45) is 0 Å². The fourth-order valence-electron chi connectivity index (χ4n) is 4.08. The van der Waals surface area contributed by atoms with E-state index in [4.69, 9.17) is 9.15 Å². The van der Waals surface area contributed by atoms with Gasteiger partial charge in [0.05, 0.1) is 18.9 Å². The second-order valence-corrected chi connectivity index (χ2v) is 7.41. The predicted molar refractivity (Wildman–Crippen MR) is 106 cm³/mol. The van der Waals surface area contributed by atoms with E-state index in [1.54, 1.807) is 12.1 Å². The fraction of sp³-hybridized carbons (Fsp3) is 0.364. The molecule has 0 saturated carbocycles. The van der Waals surface area contributed by atoms with Gasteiger partial charge >= 0.3 is 0 Å². The van der Waals surface area contributed by atoms with Gasteiger partial charge in [-0.3, -0.25) is 9.59 Å². The molecule has 2 aliphatic rings. The zero-order chi connectivity index (χ0) is 21.3. The minimum atomic E-state index is -0.868. The Morgan fingerprint density at radius 3 is 2.63 bits per heavy atom. The number of amides is 1. The first kappa shape index (κ1) is 20.2. The molecule has 7 nitrogen and oxygen atoms in total. The summed E-state index contributed by atoms with van der Waals surface area (Å²) in [5, 5.41) is 10.9. The van der Waals surface area contributed by atoms with Crippen molar-refractivity contribution in [2.45, 2.75) is 18.9 Å². The monoisotopic (exact) mass is 414 g/mol. The maximum Gasteiger partial charge on any atom is 0.295 e. The predicted octanol–water partition coefficient (Wildman–Crippen LogP) is 2.94. The van der Waals surface area contributed by atoms with E-state index < -0.39 is 29.3 Å². The lowest BCUT2D eigenvalue weighted by Crippen LogP contribution is -2.37. The summed E-state index contributed by atoms with van der Waals surface area (Å²) in [6, 6.07) is 6.31. The third kappa shape index (κ3) is 3.59. The molecule has 0 radical (unpaired) electrons. The summed E-state index contributed by atoms with van der Waals surface area (Å²) in [7, 11) is 1.33. The topological polar surface area (TPSA) is 83.2 Å². The summed E-state index contributed by atoms with van der Waals surface area (Å²) in [5.74, 6) is -2.26. The SMILES string of the molecule is COc1ccc(/C(O)=C2\C(=O)C(=O)N(CCN3CCCC3)C2c2ccco2)cc1F. The second kappa shape index (κ2) is 8.31. The van der Waals surface area contributed by atoms with Crippen LogP contribution in [0.25, 0.3) is 5.76 Å². The molecule has 1 N–H and O–H groups in total. The van der Waals surface area contributed by atoms with E-state index in [2.05, 4.69) is 4.90 Å². The number of methoxy groups -OCH3 is 1. The minimum absolute atomic E-state index is 0.0141. The average molecular weight is 414 g/mol. The Labute approximate surface area is 173 Å². The van der Waals surface area contributed by atoms with Crippen LogP contribution in [0.15, 0.2) is 46.6 Å². The Bertz CT molecular complexity index is 979. The number of ether oxygens (including phenoxy) is 1. The molecular formula is C22H23FN2O5. The van der Waals surface area contributed by atoms with Gasteiger partial charge in [-0.15, -0.1) is 0 Å². The minimum Gasteiger partial charge on any atom is -0.507 e. The number of benzene rings is 1. The van der Waals surface area contributed by atoms with Crippen LogP contribution in [0.4, 0.5) is 4.39 Å². The number of Topliss-reactive ketones (excluding diaryl/α,β-unsaturated/α-hetero) is 1. The molecule has 0 aliphatic carbocycles. The van der Waals surface area contributed by atoms with E-state index in [-0.39, 0.29) is 16.9 Å². The highest BCUT2D eigenvalue weighted by molar-refractivity contribution is 6.46. The third-order valence-corrected chi connectivity index (χ3v) is 5.63. The fourth-order valence-corrected chi connectivity index (χ4v) is 4.08. The van der Waals surface area contributed by atoms with Crippen molar-refractivity contribution in [3.8, 4) is 5.75 Å². The summed E-state index contributed by atoms with van der Waals surface area (Å²) in [6.45, 7) is 2.87. The highest BCUT2D eigenvalue weighted by Gasteiger charge is 2.47.